The van der Waals surface area contributed by atoms with Crippen LogP contribution < -0.4 is 15.4 Å². The van der Waals surface area contributed by atoms with Gasteiger partial charge in [0, 0.05) is 26.2 Å². The number of nitrogens with one attached hydrogen (secondary N) is 2. The first kappa shape index (κ1) is 24.7. The third-order valence-corrected chi connectivity index (χ3v) is 6.53. The lowest BCUT2D eigenvalue weighted by Crippen LogP contribution is -2.33. The molecule has 2 rings (SSSR count). The highest BCUT2D eigenvalue weighted by molar-refractivity contribution is 7.89. The van der Waals surface area contributed by atoms with Crippen molar-refractivity contribution in [1.82, 2.24) is 14.9 Å². The van der Waals surface area contributed by atoms with Gasteiger partial charge in [-0.15, -0.1) is 12.4 Å². The number of amides is 1. The van der Waals surface area contributed by atoms with Gasteiger partial charge in [-0.2, -0.15) is 4.31 Å². The predicted octanol–water partition coefficient (Wildman–Crippen LogP) is 2.41. The van der Waals surface area contributed by atoms with Gasteiger partial charge in [-0.3, -0.25) is 4.79 Å². The Morgan fingerprint density at radius 3 is 2.39 bits per heavy atom. The highest BCUT2D eigenvalue weighted by Crippen LogP contribution is 2.26. The van der Waals surface area contributed by atoms with Crippen LogP contribution in [0.15, 0.2) is 23.1 Å². The van der Waals surface area contributed by atoms with Crippen LogP contribution in [0.3, 0.4) is 0 Å². The fraction of sp³-hybridized carbons (Fsp3) is 0.632. The first-order valence-electron chi connectivity index (χ1n) is 9.67. The molecule has 1 fully saturated rings. The molecule has 0 atom stereocenters. The SMILES string of the molecule is CCCNCCNC(=O)c1cc(S(=O)(=O)N2CCCCCC2)ccc1OC.Cl. The van der Waals surface area contributed by atoms with Crippen molar-refractivity contribution in [3.63, 3.8) is 0 Å². The summed E-state index contributed by atoms with van der Waals surface area (Å²) >= 11 is 0. The van der Waals surface area contributed by atoms with Gasteiger partial charge in [0.2, 0.25) is 10.0 Å². The maximum atomic E-state index is 13.0. The van der Waals surface area contributed by atoms with E-state index in [1.54, 1.807) is 6.07 Å². The molecule has 160 valence electrons. The third kappa shape index (κ3) is 6.62. The molecular weight excluding hydrogens is 402 g/mol. The van der Waals surface area contributed by atoms with E-state index >= 15 is 0 Å². The fourth-order valence-electron chi connectivity index (χ4n) is 3.12. The van der Waals surface area contributed by atoms with Gasteiger partial charge in [0.1, 0.15) is 5.75 Å². The van der Waals surface area contributed by atoms with E-state index in [0.717, 1.165) is 38.6 Å². The largest absolute Gasteiger partial charge is 0.496 e. The first-order valence-corrected chi connectivity index (χ1v) is 11.1. The number of halogens is 1. The van der Waals surface area contributed by atoms with Gasteiger partial charge in [0.05, 0.1) is 17.6 Å². The summed E-state index contributed by atoms with van der Waals surface area (Å²) in [5.41, 5.74) is 0.240. The van der Waals surface area contributed by atoms with Crippen LogP contribution in [0, 0.1) is 0 Å². The van der Waals surface area contributed by atoms with E-state index in [4.69, 9.17) is 4.74 Å². The average molecular weight is 434 g/mol. The van der Waals surface area contributed by atoms with Crippen molar-refractivity contribution in [3.05, 3.63) is 23.8 Å². The van der Waals surface area contributed by atoms with Gasteiger partial charge in [0.25, 0.3) is 5.91 Å². The molecule has 1 aliphatic heterocycles. The predicted molar refractivity (Wildman–Crippen MR) is 113 cm³/mol. The summed E-state index contributed by atoms with van der Waals surface area (Å²) in [5.74, 6) is 0.0295. The van der Waals surface area contributed by atoms with Gasteiger partial charge >= 0.3 is 0 Å². The zero-order chi connectivity index (χ0) is 19.7. The molecule has 1 aromatic carbocycles. The van der Waals surface area contributed by atoms with Crippen LogP contribution >= 0.6 is 12.4 Å². The molecular formula is C19H32ClN3O4S. The number of ether oxygens (including phenoxy) is 1. The molecule has 0 saturated carbocycles. The quantitative estimate of drug-likeness (QED) is 0.584. The second kappa shape index (κ2) is 12.3. The number of carbonyl (C=O) groups excluding carboxylic acids is 1. The van der Waals surface area contributed by atoms with Crippen molar-refractivity contribution in [2.24, 2.45) is 0 Å². The van der Waals surface area contributed by atoms with Crippen LogP contribution in [0.25, 0.3) is 0 Å². The summed E-state index contributed by atoms with van der Waals surface area (Å²) in [6.45, 7) is 5.15. The molecule has 0 aliphatic carbocycles. The van der Waals surface area contributed by atoms with Crippen molar-refractivity contribution in [2.75, 3.05) is 39.8 Å². The maximum absolute atomic E-state index is 13.0. The molecule has 28 heavy (non-hydrogen) atoms. The lowest BCUT2D eigenvalue weighted by Gasteiger charge is -2.20. The van der Waals surface area contributed by atoms with E-state index in [-0.39, 0.29) is 28.8 Å². The number of nitrogens with zero attached hydrogens (tertiary/aromatic N) is 1. The minimum atomic E-state index is -3.61. The van der Waals surface area contributed by atoms with E-state index < -0.39 is 10.0 Å². The third-order valence-electron chi connectivity index (χ3n) is 4.63. The van der Waals surface area contributed by atoms with E-state index in [1.165, 1.54) is 23.5 Å². The molecule has 1 heterocycles. The summed E-state index contributed by atoms with van der Waals surface area (Å²) in [4.78, 5) is 12.7. The van der Waals surface area contributed by atoms with E-state index in [2.05, 4.69) is 17.6 Å². The zero-order valence-electron chi connectivity index (χ0n) is 16.7. The molecule has 9 heteroatoms. The normalized spacial score (nSPS) is 15.4. The van der Waals surface area contributed by atoms with Gasteiger partial charge in [-0.25, -0.2) is 8.42 Å². The lowest BCUT2D eigenvalue weighted by molar-refractivity contribution is 0.0950. The van der Waals surface area contributed by atoms with Gasteiger partial charge < -0.3 is 15.4 Å². The number of sulfonamides is 1. The summed E-state index contributed by atoms with van der Waals surface area (Å²) in [6, 6.07) is 4.49. The Balaban J connectivity index is 0.00000392. The molecule has 0 unspecified atom stereocenters. The number of carbonyl (C=O) groups is 1. The molecule has 1 aliphatic rings. The van der Waals surface area contributed by atoms with Crippen molar-refractivity contribution in [2.45, 2.75) is 43.9 Å². The summed E-state index contributed by atoms with van der Waals surface area (Å²) in [7, 11) is -2.14. The topological polar surface area (TPSA) is 87.7 Å². The molecule has 0 bridgehead atoms. The molecule has 0 spiro atoms. The Morgan fingerprint density at radius 2 is 1.79 bits per heavy atom. The van der Waals surface area contributed by atoms with Crippen molar-refractivity contribution >= 4 is 28.3 Å². The van der Waals surface area contributed by atoms with Crippen LogP contribution in [-0.2, 0) is 10.0 Å². The zero-order valence-corrected chi connectivity index (χ0v) is 18.3. The molecule has 0 radical (unpaired) electrons. The van der Waals surface area contributed by atoms with Crippen molar-refractivity contribution < 1.29 is 17.9 Å². The highest BCUT2D eigenvalue weighted by atomic mass is 35.5. The Labute approximate surface area is 174 Å². The molecule has 0 aromatic heterocycles. The van der Waals surface area contributed by atoms with Crippen LogP contribution in [0.2, 0.25) is 0 Å². The van der Waals surface area contributed by atoms with Crippen LogP contribution in [0.1, 0.15) is 49.4 Å². The summed E-state index contributed by atoms with van der Waals surface area (Å²) < 4.78 is 32.8. The lowest BCUT2D eigenvalue weighted by atomic mass is 10.2. The van der Waals surface area contributed by atoms with Crippen LogP contribution in [0.5, 0.6) is 5.75 Å². The van der Waals surface area contributed by atoms with E-state index in [0.29, 0.717) is 31.9 Å². The fourth-order valence-corrected chi connectivity index (χ4v) is 4.66. The smallest absolute Gasteiger partial charge is 0.255 e. The Hall–Kier alpha value is -1.35. The number of hydrogen-bond acceptors (Lipinski definition) is 5. The standard InChI is InChI=1S/C19H31N3O4S.ClH/c1-3-10-20-11-12-21-19(23)17-15-16(8-9-18(17)26-2)27(24,25)22-13-6-4-5-7-14-22;/h8-9,15,20H,3-7,10-14H2,1-2H3,(H,21,23);1H. The maximum Gasteiger partial charge on any atom is 0.255 e. The highest BCUT2D eigenvalue weighted by Gasteiger charge is 2.27. The van der Waals surface area contributed by atoms with E-state index in [1.807, 2.05) is 0 Å². The van der Waals surface area contributed by atoms with E-state index in [9.17, 15) is 13.2 Å². The second-order valence-electron chi connectivity index (χ2n) is 6.69. The van der Waals surface area contributed by atoms with Crippen molar-refractivity contribution in [3.8, 4) is 5.75 Å². The Kier molecular flexibility index (Phi) is 10.8. The Morgan fingerprint density at radius 1 is 1.11 bits per heavy atom. The molecule has 2 N–H and O–H groups in total. The minimum absolute atomic E-state index is 0. The summed E-state index contributed by atoms with van der Waals surface area (Å²) in [6.07, 6.45) is 4.86. The first-order chi connectivity index (χ1) is 13.0. The van der Waals surface area contributed by atoms with Crippen LogP contribution in [-0.4, -0.2) is 58.5 Å². The molecule has 1 saturated heterocycles. The molecule has 1 aromatic rings. The van der Waals surface area contributed by atoms with Crippen LogP contribution in [0.4, 0.5) is 0 Å². The number of rotatable bonds is 9. The Bertz CT molecular complexity index is 720. The molecule has 1 amide bonds. The summed E-state index contributed by atoms with van der Waals surface area (Å²) in [5, 5.41) is 6.02. The van der Waals surface area contributed by atoms with Gasteiger partial charge in [-0.1, -0.05) is 19.8 Å². The second-order valence-corrected chi connectivity index (χ2v) is 8.62. The van der Waals surface area contributed by atoms with Gasteiger partial charge in [0.15, 0.2) is 0 Å². The van der Waals surface area contributed by atoms with Crippen molar-refractivity contribution in [1.29, 1.82) is 0 Å². The minimum Gasteiger partial charge on any atom is -0.496 e. The number of methoxy groups -OCH3 is 1. The molecule has 7 nitrogen and oxygen atoms in total. The monoisotopic (exact) mass is 433 g/mol. The number of hydrogen-bond donors (Lipinski definition) is 2. The van der Waals surface area contributed by atoms with Gasteiger partial charge in [-0.05, 0) is 44.0 Å². The average Bonchev–Trinajstić information content (AvgIpc) is 2.97. The number of benzene rings is 1.